The summed E-state index contributed by atoms with van der Waals surface area (Å²) in [4.78, 5) is 11.5. The van der Waals surface area contributed by atoms with Gasteiger partial charge in [0.25, 0.3) is 5.91 Å². The zero-order chi connectivity index (χ0) is 15.9. The topological polar surface area (TPSA) is 61.4 Å². The summed E-state index contributed by atoms with van der Waals surface area (Å²) in [5.41, 5.74) is 2.65. The fraction of sp³-hybridized carbons (Fsp3) is 0.235. The summed E-state index contributed by atoms with van der Waals surface area (Å²) in [5.74, 6) is -0.103. The number of halogens is 1. The smallest absolute Gasteiger partial charge is 0.251 e. The number of hydrogen-bond acceptors (Lipinski definition) is 3. The van der Waals surface area contributed by atoms with E-state index in [1.54, 1.807) is 31.3 Å². The van der Waals surface area contributed by atoms with Crippen LogP contribution < -0.4 is 10.6 Å². The van der Waals surface area contributed by atoms with Crippen LogP contribution in [0.15, 0.2) is 48.5 Å². The SMILES string of the molecule is CNC(=O)c1ccc(CNC(CO)c2ccc(Cl)cc2)cc1. The molecule has 0 saturated heterocycles. The van der Waals surface area contributed by atoms with Crippen molar-refractivity contribution in [3.63, 3.8) is 0 Å². The van der Waals surface area contributed by atoms with Gasteiger partial charge in [0.2, 0.25) is 0 Å². The molecule has 1 atom stereocenters. The molecule has 1 unspecified atom stereocenters. The second-order valence-electron chi connectivity index (χ2n) is 4.94. The molecular weight excluding hydrogens is 300 g/mol. The number of nitrogens with one attached hydrogen (secondary N) is 2. The fourth-order valence-corrected chi connectivity index (χ4v) is 2.27. The standard InChI is InChI=1S/C17H19ClN2O2/c1-19-17(22)14-4-2-12(3-5-14)10-20-16(11-21)13-6-8-15(18)9-7-13/h2-9,16,20-21H,10-11H2,1H3,(H,19,22). The second kappa shape index (κ2) is 7.94. The van der Waals surface area contributed by atoms with Crippen molar-refractivity contribution in [3.05, 3.63) is 70.2 Å². The molecule has 22 heavy (non-hydrogen) atoms. The summed E-state index contributed by atoms with van der Waals surface area (Å²) in [6.07, 6.45) is 0. The van der Waals surface area contributed by atoms with E-state index in [-0.39, 0.29) is 18.6 Å². The summed E-state index contributed by atoms with van der Waals surface area (Å²) >= 11 is 5.87. The van der Waals surface area contributed by atoms with Crippen LogP contribution in [0.4, 0.5) is 0 Å². The van der Waals surface area contributed by atoms with Gasteiger partial charge in [-0.1, -0.05) is 35.9 Å². The second-order valence-corrected chi connectivity index (χ2v) is 5.38. The van der Waals surface area contributed by atoms with E-state index in [0.29, 0.717) is 17.1 Å². The van der Waals surface area contributed by atoms with Gasteiger partial charge in [0.1, 0.15) is 0 Å². The van der Waals surface area contributed by atoms with Gasteiger partial charge in [0.05, 0.1) is 12.6 Å². The molecule has 0 aliphatic carbocycles. The Balaban J connectivity index is 1.98. The Morgan fingerprint density at radius 3 is 2.32 bits per heavy atom. The monoisotopic (exact) mass is 318 g/mol. The molecule has 2 rings (SSSR count). The van der Waals surface area contributed by atoms with Gasteiger partial charge in [-0.15, -0.1) is 0 Å². The van der Waals surface area contributed by atoms with Crippen molar-refractivity contribution >= 4 is 17.5 Å². The molecule has 3 N–H and O–H groups in total. The Morgan fingerprint density at radius 1 is 1.14 bits per heavy atom. The minimum Gasteiger partial charge on any atom is -0.394 e. The summed E-state index contributed by atoms with van der Waals surface area (Å²) in [6.45, 7) is 0.597. The van der Waals surface area contributed by atoms with Crippen LogP contribution >= 0.6 is 11.6 Å². The Labute approximate surface area is 135 Å². The number of amides is 1. The lowest BCUT2D eigenvalue weighted by Crippen LogP contribution is -2.24. The highest BCUT2D eigenvalue weighted by molar-refractivity contribution is 6.30. The van der Waals surface area contributed by atoms with Crippen molar-refractivity contribution < 1.29 is 9.90 Å². The number of carbonyl (C=O) groups is 1. The zero-order valence-electron chi connectivity index (χ0n) is 12.3. The van der Waals surface area contributed by atoms with Crippen molar-refractivity contribution in [2.45, 2.75) is 12.6 Å². The van der Waals surface area contributed by atoms with E-state index in [2.05, 4.69) is 10.6 Å². The number of benzene rings is 2. The van der Waals surface area contributed by atoms with Crippen LogP contribution in [0.2, 0.25) is 5.02 Å². The van der Waals surface area contributed by atoms with E-state index in [4.69, 9.17) is 11.6 Å². The lowest BCUT2D eigenvalue weighted by Gasteiger charge is -2.17. The van der Waals surface area contributed by atoms with Crippen LogP contribution in [0.1, 0.15) is 27.5 Å². The molecule has 2 aromatic carbocycles. The van der Waals surface area contributed by atoms with Crippen molar-refractivity contribution in [2.75, 3.05) is 13.7 Å². The molecule has 4 nitrogen and oxygen atoms in total. The van der Waals surface area contributed by atoms with Crippen LogP contribution in [0.5, 0.6) is 0 Å². The van der Waals surface area contributed by atoms with Gasteiger partial charge < -0.3 is 15.7 Å². The Kier molecular flexibility index (Phi) is 5.95. The molecule has 0 bridgehead atoms. The van der Waals surface area contributed by atoms with Gasteiger partial charge in [-0.2, -0.15) is 0 Å². The predicted molar refractivity (Wildman–Crippen MR) is 88.0 cm³/mol. The third kappa shape index (κ3) is 4.31. The first-order valence-electron chi connectivity index (χ1n) is 7.04. The highest BCUT2D eigenvalue weighted by Crippen LogP contribution is 2.17. The molecule has 0 aliphatic rings. The first-order chi connectivity index (χ1) is 10.6. The highest BCUT2D eigenvalue weighted by atomic mass is 35.5. The summed E-state index contributed by atoms with van der Waals surface area (Å²) in [6, 6.07) is 14.6. The van der Waals surface area contributed by atoms with Crippen molar-refractivity contribution in [1.29, 1.82) is 0 Å². The lowest BCUT2D eigenvalue weighted by molar-refractivity contribution is 0.0963. The van der Waals surface area contributed by atoms with Crippen LogP contribution in [0, 0.1) is 0 Å². The van der Waals surface area contributed by atoms with Crippen molar-refractivity contribution in [1.82, 2.24) is 10.6 Å². The quantitative estimate of drug-likeness (QED) is 0.767. The van der Waals surface area contributed by atoms with E-state index in [9.17, 15) is 9.90 Å². The maximum absolute atomic E-state index is 11.5. The molecule has 0 aliphatic heterocycles. The van der Waals surface area contributed by atoms with Gasteiger partial charge in [-0.3, -0.25) is 4.79 Å². The van der Waals surface area contributed by atoms with Crippen molar-refractivity contribution in [3.8, 4) is 0 Å². The number of rotatable bonds is 6. The minimum atomic E-state index is -0.157. The first kappa shape index (κ1) is 16.5. The Hall–Kier alpha value is -1.88. The maximum Gasteiger partial charge on any atom is 0.251 e. The molecule has 1 amide bonds. The molecule has 0 heterocycles. The predicted octanol–water partition coefficient (Wildman–Crippen LogP) is 2.52. The lowest BCUT2D eigenvalue weighted by atomic mass is 10.1. The van der Waals surface area contributed by atoms with Crippen molar-refractivity contribution in [2.24, 2.45) is 0 Å². The van der Waals surface area contributed by atoms with Gasteiger partial charge in [0.15, 0.2) is 0 Å². The first-order valence-corrected chi connectivity index (χ1v) is 7.42. The van der Waals surface area contributed by atoms with Gasteiger partial charge in [-0.05, 0) is 35.4 Å². The molecule has 0 spiro atoms. The minimum absolute atomic E-state index is 0.00203. The molecule has 0 radical (unpaired) electrons. The van der Waals surface area contributed by atoms with E-state index < -0.39 is 0 Å². The Bertz CT molecular complexity index is 612. The number of hydrogen-bond donors (Lipinski definition) is 3. The molecule has 0 saturated carbocycles. The van der Waals surface area contributed by atoms with E-state index in [1.165, 1.54) is 0 Å². The number of aliphatic hydroxyl groups is 1. The normalized spacial score (nSPS) is 12.0. The molecular formula is C17H19ClN2O2. The fourth-order valence-electron chi connectivity index (χ4n) is 2.14. The molecule has 0 fully saturated rings. The van der Waals surface area contributed by atoms with E-state index >= 15 is 0 Å². The van der Waals surface area contributed by atoms with Crippen LogP contribution in [-0.4, -0.2) is 24.7 Å². The third-order valence-electron chi connectivity index (χ3n) is 3.45. The summed E-state index contributed by atoms with van der Waals surface area (Å²) in [5, 5.41) is 16.1. The molecule has 116 valence electrons. The van der Waals surface area contributed by atoms with Gasteiger partial charge in [0, 0.05) is 24.2 Å². The number of aliphatic hydroxyl groups excluding tert-OH is 1. The average molecular weight is 319 g/mol. The third-order valence-corrected chi connectivity index (χ3v) is 3.70. The average Bonchev–Trinajstić information content (AvgIpc) is 2.56. The van der Waals surface area contributed by atoms with Crippen LogP contribution in [-0.2, 0) is 6.54 Å². The summed E-state index contributed by atoms with van der Waals surface area (Å²) < 4.78 is 0. The molecule has 2 aromatic rings. The maximum atomic E-state index is 11.5. The van der Waals surface area contributed by atoms with E-state index in [0.717, 1.165) is 11.1 Å². The van der Waals surface area contributed by atoms with Gasteiger partial charge >= 0.3 is 0 Å². The molecule has 0 aromatic heterocycles. The van der Waals surface area contributed by atoms with Crippen LogP contribution in [0.3, 0.4) is 0 Å². The zero-order valence-corrected chi connectivity index (χ0v) is 13.1. The largest absolute Gasteiger partial charge is 0.394 e. The summed E-state index contributed by atoms with van der Waals surface area (Å²) in [7, 11) is 1.61. The van der Waals surface area contributed by atoms with Crippen LogP contribution in [0.25, 0.3) is 0 Å². The van der Waals surface area contributed by atoms with E-state index in [1.807, 2.05) is 24.3 Å². The molecule has 5 heteroatoms. The van der Waals surface area contributed by atoms with Gasteiger partial charge in [-0.25, -0.2) is 0 Å². The number of carbonyl (C=O) groups excluding carboxylic acids is 1. The highest BCUT2D eigenvalue weighted by Gasteiger charge is 2.10. The Morgan fingerprint density at radius 2 is 1.77 bits per heavy atom.